The Morgan fingerprint density at radius 1 is 1.33 bits per heavy atom. The third kappa shape index (κ3) is 3.53. The van der Waals surface area contributed by atoms with Gasteiger partial charge in [0.1, 0.15) is 11.5 Å². The average molecular weight is 289 g/mol. The third-order valence-corrected chi connectivity index (χ3v) is 4.46. The van der Waals surface area contributed by atoms with Crippen molar-refractivity contribution < 1.29 is 8.94 Å². The number of hydrogen-bond acceptors (Lipinski definition) is 5. The Balaban J connectivity index is 1.43. The second-order valence-electron chi connectivity index (χ2n) is 6.04. The van der Waals surface area contributed by atoms with Gasteiger partial charge >= 0.3 is 0 Å². The number of aryl methyl sites for hydroxylation is 1. The summed E-state index contributed by atoms with van der Waals surface area (Å²) in [5.41, 5.74) is 0. The van der Waals surface area contributed by atoms with E-state index in [1.165, 1.54) is 6.39 Å². The van der Waals surface area contributed by atoms with Crippen molar-refractivity contribution in [3.8, 4) is 0 Å². The van der Waals surface area contributed by atoms with Crippen molar-refractivity contribution in [1.29, 1.82) is 0 Å². The highest BCUT2D eigenvalue weighted by molar-refractivity contribution is 5.09. The first kappa shape index (κ1) is 14.3. The number of aromatic nitrogens is 2. The molecule has 0 aromatic carbocycles. The van der Waals surface area contributed by atoms with Gasteiger partial charge in [-0.1, -0.05) is 12.1 Å². The van der Waals surface area contributed by atoms with E-state index in [0.717, 1.165) is 56.2 Å². The number of hydrogen-bond donors (Lipinski definition) is 0. The Morgan fingerprint density at radius 3 is 2.76 bits per heavy atom. The van der Waals surface area contributed by atoms with Crippen LogP contribution in [0.4, 0.5) is 0 Å². The molecule has 21 heavy (non-hydrogen) atoms. The minimum Gasteiger partial charge on any atom is -0.466 e. The van der Waals surface area contributed by atoms with E-state index in [9.17, 15) is 0 Å². The van der Waals surface area contributed by atoms with E-state index in [1.807, 2.05) is 13.0 Å². The van der Waals surface area contributed by atoms with E-state index in [4.69, 9.17) is 8.94 Å². The van der Waals surface area contributed by atoms with E-state index in [-0.39, 0.29) is 0 Å². The summed E-state index contributed by atoms with van der Waals surface area (Å²) < 4.78 is 10.5. The Bertz CT molecular complexity index is 542. The Labute approximate surface area is 125 Å². The first-order valence-corrected chi connectivity index (χ1v) is 7.77. The van der Waals surface area contributed by atoms with Gasteiger partial charge in [-0.05, 0) is 58.0 Å². The van der Waals surface area contributed by atoms with Crippen molar-refractivity contribution >= 4 is 0 Å². The molecule has 1 aliphatic heterocycles. The molecule has 0 radical (unpaired) electrons. The molecule has 0 unspecified atom stereocenters. The molecule has 0 spiro atoms. The van der Waals surface area contributed by atoms with Crippen molar-refractivity contribution in [3.05, 3.63) is 35.9 Å². The molecule has 3 rings (SSSR count). The SMILES string of the molecule is Cc1ccc([C@@H](C)CCN2CCC(c3ncon3)CC2)o1. The van der Waals surface area contributed by atoms with Crippen LogP contribution < -0.4 is 0 Å². The molecule has 1 saturated heterocycles. The van der Waals surface area contributed by atoms with E-state index in [0.29, 0.717) is 11.8 Å². The lowest BCUT2D eigenvalue weighted by atomic mass is 9.95. The maximum absolute atomic E-state index is 5.71. The maximum atomic E-state index is 5.71. The quantitative estimate of drug-likeness (QED) is 0.845. The lowest BCUT2D eigenvalue weighted by molar-refractivity contribution is 0.200. The molecule has 0 N–H and O–H groups in total. The average Bonchev–Trinajstić information content (AvgIpc) is 3.16. The summed E-state index contributed by atoms with van der Waals surface area (Å²) in [5, 5.41) is 3.96. The van der Waals surface area contributed by atoms with Crippen LogP contribution in [0.5, 0.6) is 0 Å². The second-order valence-corrected chi connectivity index (χ2v) is 6.04. The molecule has 1 fully saturated rings. The number of furan rings is 1. The third-order valence-electron chi connectivity index (χ3n) is 4.46. The van der Waals surface area contributed by atoms with Crippen molar-refractivity contribution in [2.24, 2.45) is 0 Å². The molecule has 0 amide bonds. The summed E-state index contributed by atoms with van der Waals surface area (Å²) in [6.07, 6.45) is 4.80. The molecule has 0 aliphatic carbocycles. The monoisotopic (exact) mass is 289 g/mol. The van der Waals surface area contributed by atoms with E-state index in [1.54, 1.807) is 0 Å². The molecule has 3 heterocycles. The van der Waals surface area contributed by atoms with Gasteiger partial charge in [-0.3, -0.25) is 0 Å². The molecule has 2 aromatic heterocycles. The summed E-state index contributed by atoms with van der Waals surface area (Å²) in [6, 6.07) is 4.14. The van der Waals surface area contributed by atoms with Gasteiger partial charge in [-0.25, -0.2) is 0 Å². The topological polar surface area (TPSA) is 55.3 Å². The van der Waals surface area contributed by atoms with Crippen LogP contribution in [0.1, 0.15) is 55.4 Å². The van der Waals surface area contributed by atoms with Gasteiger partial charge in [0.15, 0.2) is 5.82 Å². The van der Waals surface area contributed by atoms with Crippen molar-refractivity contribution in [2.75, 3.05) is 19.6 Å². The molecular weight excluding hydrogens is 266 g/mol. The first-order valence-electron chi connectivity index (χ1n) is 7.77. The maximum Gasteiger partial charge on any atom is 0.213 e. The Hall–Kier alpha value is -1.62. The van der Waals surface area contributed by atoms with Gasteiger partial charge in [0.05, 0.1) is 0 Å². The van der Waals surface area contributed by atoms with Gasteiger partial charge in [0.2, 0.25) is 6.39 Å². The van der Waals surface area contributed by atoms with Crippen LogP contribution in [-0.4, -0.2) is 34.7 Å². The van der Waals surface area contributed by atoms with Crippen LogP contribution >= 0.6 is 0 Å². The molecular formula is C16H23N3O2. The number of nitrogens with zero attached hydrogens (tertiary/aromatic N) is 3. The molecule has 5 heteroatoms. The van der Waals surface area contributed by atoms with Crippen molar-refractivity contribution in [3.63, 3.8) is 0 Å². The zero-order valence-electron chi connectivity index (χ0n) is 12.8. The standard InChI is InChI=1S/C16H23N3O2/c1-12(15-4-3-13(2)21-15)5-8-19-9-6-14(7-10-19)16-17-11-20-18-16/h3-4,11-12,14H,5-10H2,1-2H3/t12-/m0/s1. The van der Waals surface area contributed by atoms with Crippen LogP contribution in [0, 0.1) is 6.92 Å². The van der Waals surface area contributed by atoms with Gasteiger partial charge in [-0.15, -0.1) is 0 Å². The van der Waals surface area contributed by atoms with Crippen LogP contribution in [0.2, 0.25) is 0 Å². The van der Waals surface area contributed by atoms with Crippen LogP contribution in [0.3, 0.4) is 0 Å². The zero-order chi connectivity index (χ0) is 14.7. The van der Waals surface area contributed by atoms with E-state index < -0.39 is 0 Å². The van der Waals surface area contributed by atoms with Gasteiger partial charge in [-0.2, -0.15) is 4.98 Å². The molecule has 1 atom stereocenters. The smallest absolute Gasteiger partial charge is 0.213 e. The lowest BCUT2D eigenvalue weighted by Gasteiger charge is -2.31. The highest BCUT2D eigenvalue weighted by Crippen LogP contribution is 2.27. The fourth-order valence-corrected chi connectivity index (χ4v) is 3.01. The predicted octanol–water partition coefficient (Wildman–Crippen LogP) is 3.34. The summed E-state index contributed by atoms with van der Waals surface area (Å²) in [7, 11) is 0. The van der Waals surface area contributed by atoms with Crippen molar-refractivity contribution in [2.45, 2.75) is 44.9 Å². The summed E-state index contributed by atoms with van der Waals surface area (Å²) in [4.78, 5) is 6.70. The minimum atomic E-state index is 0.463. The molecule has 0 bridgehead atoms. The zero-order valence-corrected chi connectivity index (χ0v) is 12.8. The van der Waals surface area contributed by atoms with E-state index >= 15 is 0 Å². The van der Waals surface area contributed by atoms with Crippen LogP contribution in [0.15, 0.2) is 27.5 Å². The normalized spacial score (nSPS) is 19.0. The van der Waals surface area contributed by atoms with Gasteiger partial charge < -0.3 is 13.8 Å². The summed E-state index contributed by atoms with van der Waals surface area (Å²) in [5.74, 6) is 3.92. The fraction of sp³-hybridized carbons (Fsp3) is 0.625. The van der Waals surface area contributed by atoms with Crippen LogP contribution in [0.25, 0.3) is 0 Å². The Morgan fingerprint density at radius 2 is 2.14 bits per heavy atom. The highest BCUT2D eigenvalue weighted by Gasteiger charge is 2.23. The molecule has 0 saturated carbocycles. The van der Waals surface area contributed by atoms with E-state index in [2.05, 4.69) is 28.0 Å². The molecule has 114 valence electrons. The van der Waals surface area contributed by atoms with Crippen molar-refractivity contribution in [1.82, 2.24) is 15.0 Å². The largest absolute Gasteiger partial charge is 0.466 e. The number of likely N-dealkylation sites (tertiary alicyclic amines) is 1. The first-order chi connectivity index (χ1) is 10.2. The molecule has 1 aliphatic rings. The lowest BCUT2D eigenvalue weighted by Crippen LogP contribution is -2.34. The molecule has 2 aromatic rings. The predicted molar refractivity (Wildman–Crippen MR) is 79.2 cm³/mol. The van der Waals surface area contributed by atoms with Gasteiger partial charge in [0.25, 0.3) is 0 Å². The summed E-state index contributed by atoms with van der Waals surface area (Å²) in [6.45, 7) is 7.59. The van der Waals surface area contributed by atoms with Crippen LogP contribution in [-0.2, 0) is 0 Å². The Kier molecular flexibility index (Phi) is 4.39. The number of rotatable bonds is 5. The molecule has 5 nitrogen and oxygen atoms in total. The number of piperidine rings is 1. The summed E-state index contributed by atoms with van der Waals surface area (Å²) >= 11 is 0. The minimum absolute atomic E-state index is 0.463. The van der Waals surface area contributed by atoms with Gasteiger partial charge in [0, 0.05) is 11.8 Å². The highest BCUT2D eigenvalue weighted by atomic mass is 16.5. The fourth-order valence-electron chi connectivity index (χ4n) is 3.01. The second kappa shape index (κ2) is 6.43.